The Bertz CT molecular complexity index is 498. The van der Waals surface area contributed by atoms with E-state index in [4.69, 9.17) is 5.73 Å². The number of benzene rings is 1. The standard InChI is InChI=1S/C12H14N4O2/c1-14-12(18)9-7-10(11(13)17)16(15-9)8-5-3-2-4-6-8/h2-6,10H,7H2,1H3,(H2,13,17)(H,14,18). The van der Waals surface area contributed by atoms with Gasteiger partial charge in [-0.25, -0.2) is 0 Å². The summed E-state index contributed by atoms with van der Waals surface area (Å²) in [6.45, 7) is 0. The van der Waals surface area contributed by atoms with Gasteiger partial charge >= 0.3 is 0 Å². The molecule has 0 fully saturated rings. The van der Waals surface area contributed by atoms with E-state index in [1.807, 2.05) is 30.3 Å². The number of rotatable bonds is 3. The van der Waals surface area contributed by atoms with Crippen molar-refractivity contribution in [3.8, 4) is 0 Å². The van der Waals surface area contributed by atoms with Crippen molar-refractivity contribution in [1.82, 2.24) is 5.32 Å². The number of nitrogens with one attached hydrogen (secondary N) is 1. The molecule has 6 nitrogen and oxygen atoms in total. The lowest BCUT2D eigenvalue weighted by Gasteiger charge is -2.20. The molecule has 0 aromatic heterocycles. The Labute approximate surface area is 104 Å². The summed E-state index contributed by atoms with van der Waals surface area (Å²) in [6.07, 6.45) is 0.226. The van der Waals surface area contributed by atoms with Crippen LogP contribution in [0.4, 0.5) is 5.69 Å². The van der Waals surface area contributed by atoms with Crippen molar-refractivity contribution in [2.24, 2.45) is 10.8 Å². The smallest absolute Gasteiger partial charge is 0.267 e. The Hall–Kier alpha value is -2.37. The molecule has 1 aliphatic rings. The fourth-order valence-corrected chi connectivity index (χ4v) is 1.83. The minimum atomic E-state index is -0.611. The number of nitrogens with zero attached hydrogens (tertiary/aromatic N) is 2. The van der Waals surface area contributed by atoms with E-state index < -0.39 is 11.9 Å². The molecule has 1 aliphatic heterocycles. The van der Waals surface area contributed by atoms with Gasteiger partial charge in [0.2, 0.25) is 5.91 Å². The van der Waals surface area contributed by atoms with Crippen LogP contribution in [-0.4, -0.2) is 30.6 Å². The van der Waals surface area contributed by atoms with Gasteiger partial charge in [0.05, 0.1) is 5.69 Å². The lowest BCUT2D eigenvalue weighted by Crippen LogP contribution is -2.39. The van der Waals surface area contributed by atoms with E-state index in [9.17, 15) is 9.59 Å². The van der Waals surface area contributed by atoms with Gasteiger partial charge in [0.1, 0.15) is 11.8 Å². The molecule has 2 rings (SSSR count). The first kappa shape index (κ1) is 12.1. The quantitative estimate of drug-likeness (QED) is 0.777. The second-order valence-corrected chi connectivity index (χ2v) is 3.93. The monoisotopic (exact) mass is 246 g/mol. The number of anilines is 1. The Morgan fingerprint density at radius 1 is 1.39 bits per heavy atom. The number of carbonyl (C=O) groups is 2. The molecule has 1 aromatic rings. The molecule has 1 unspecified atom stereocenters. The molecule has 0 spiro atoms. The second kappa shape index (κ2) is 4.87. The van der Waals surface area contributed by atoms with Crippen molar-refractivity contribution in [3.05, 3.63) is 30.3 Å². The van der Waals surface area contributed by atoms with Crippen molar-refractivity contribution in [3.63, 3.8) is 0 Å². The van der Waals surface area contributed by atoms with Gasteiger partial charge in [-0.15, -0.1) is 0 Å². The summed E-state index contributed by atoms with van der Waals surface area (Å²) >= 11 is 0. The fraction of sp³-hybridized carbons (Fsp3) is 0.250. The third kappa shape index (κ3) is 2.17. The van der Waals surface area contributed by atoms with Gasteiger partial charge in [-0.05, 0) is 12.1 Å². The van der Waals surface area contributed by atoms with E-state index in [2.05, 4.69) is 10.4 Å². The van der Waals surface area contributed by atoms with Crippen LogP contribution >= 0.6 is 0 Å². The van der Waals surface area contributed by atoms with Gasteiger partial charge in [-0.1, -0.05) is 18.2 Å². The van der Waals surface area contributed by atoms with E-state index >= 15 is 0 Å². The minimum absolute atomic E-state index is 0.226. The average molecular weight is 246 g/mol. The first-order chi connectivity index (χ1) is 8.63. The summed E-state index contributed by atoms with van der Waals surface area (Å²) < 4.78 is 0. The van der Waals surface area contributed by atoms with Gasteiger partial charge in [0.15, 0.2) is 0 Å². The number of hydrogen-bond donors (Lipinski definition) is 2. The van der Waals surface area contributed by atoms with Crippen molar-refractivity contribution in [2.45, 2.75) is 12.5 Å². The number of amides is 2. The molecule has 0 bridgehead atoms. The minimum Gasteiger partial charge on any atom is -0.368 e. The molecule has 94 valence electrons. The molecule has 0 radical (unpaired) electrons. The molecule has 3 N–H and O–H groups in total. The van der Waals surface area contributed by atoms with Crippen LogP contribution < -0.4 is 16.1 Å². The Balaban J connectivity index is 2.33. The lowest BCUT2D eigenvalue weighted by atomic mass is 10.1. The molecule has 18 heavy (non-hydrogen) atoms. The topological polar surface area (TPSA) is 87.8 Å². The molecular weight excluding hydrogens is 232 g/mol. The van der Waals surface area contributed by atoms with Crippen LogP contribution in [0.15, 0.2) is 35.4 Å². The zero-order valence-electron chi connectivity index (χ0n) is 9.96. The molecule has 6 heteroatoms. The maximum atomic E-state index is 11.5. The number of carbonyl (C=O) groups excluding carboxylic acids is 2. The lowest BCUT2D eigenvalue weighted by molar-refractivity contribution is -0.119. The number of para-hydroxylation sites is 1. The Morgan fingerprint density at radius 3 is 2.61 bits per heavy atom. The van der Waals surface area contributed by atoms with E-state index in [0.29, 0.717) is 5.71 Å². The largest absolute Gasteiger partial charge is 0.368 e. The van der Waals surface area contributed by atoms with Gasteiger partial charge in [0.25, 0.3) is 5.91 Å². The van der Waals surface area contributed by atoms with E-state index in [1.54, 1.807) is 0 Å². The van der Waals surface area contributed by atoms with Crippen LogP contribution in [0.3, 0.4) is 0 Å². The number of hydrazone groups is 1. The van der Waals surface area contributed by atoms with Crippen LogP contribution in [-0.2, 0) is 9.59 Å². The van der Waals surface area contributed by atoms with E-state index in [1.165, 1.54) is 12.1 Å². The van der Waals surface area contributed by atoms with Gasteiger partial charge < -0.3 is 11.1 Å². The Morgan fingerprint density at radius 2 is 2.06 bits per heavy atom. The van der Waals surface area contributed by atoms with Crippen LogP contribution in [0.1, 0.15) is 6.42 Å². The normalized spacial score (nSPS) is 18.4. The number of primary amides is 1. The molecule has 1 aromatic carbocycles. The molecule has 1 atom stereocenters. The maximum absolute atomic E-state index is 11.5. The molecule has 1 heterocycles. The summed E-state index contributed by atoms with van der Waals surface area (Å²) in [5.74, 6) is -0.791. The Kier molecular flexibility index (Phi) is 3.27. The number of nitrogens with two attached hydrogens (primary N) is 1. The average Bonchev–Trinajstić information content (AvgIpc) is 2.84. The zero-order valence-corrected chi connectivity index (χ0v) is 9.96. The first-order valence-corrected chi connectivity index (χ1v) is 5.56. The van der Waals surface area contributed by atoms with Gasteiger partial charge in [-0.3, -0.25) is 14.6 Å². The van der Waals surface area contributed by atoms with E-state index in [0.717, 1.165) is 5.69 Å². The zero-order chi connectivity index (χ0) is 13.1. The van der Waals surface area contributed by atoms with Crippen molar-refractivity contribution >= 4 is 23.2 Å². The molecule has 0 saturated heterocycles. The third-order valence-electron chi connectivity index (χ3n) is 2.75. The van der Waals surface area contributed by atoms with Gasteiger partial charge in [-0.2, -0.15) is 5.10 Å². The summed E-state index contributed by atoms with van der Waals surface area (Å²) in [5, 5.41) is 8.15. The highest BCUT2D eigenvalue weighted by Gasteiger charge is 2.34. The second-order valence-electron chi connectivity index (χ2n) is 3.93. The predicted octanol–water partition coefficient (Wildman–Crippen LogP) is -0.147. The SMILES string of the molecule is CNC(=O)C1=NN(c2ccccc2)C(C(N)=O)C1. The highest BCUT2D eigenvalue weighted by Crippen LogP contribution is 2.24. The molecular formula is C12H14N4O2. The highest BCUT2D eigenvalue weighted by molar-refractivity contribution is 6.40. The number of hydrogen-bond acceptors (Lipinski definition) is 4. The third-order valence-corrected chi connectivity index (χ3v) is 2.75. The van der Waals surface area contributed by atoms with Crippen LogP contribution in [0.25, 0.3) is 0 Å². The first-order valence-electron chi connectivity index (χ1n) is 5.56. The van der Waals surface area contributed by atoms with Crippen LogP contribution in [0.2, 0.25) is 0 Å². The van der Waals surface area contributed by atoms with Crippen molar-refractivity contribution in [1.29, 1.82) is 0 Å². The summed E-state index contributed by atoms with van der Waals surface area (Å²) in [7, 11) is 1.52. The van der Waals surface area contributed by atoms with Crippen LogP contribution in [0, 0.1) is 0 Å². The summed E-state index contributed by atoms with van der Waals surface area (Å²) in [6, 6.07) is 8.54. The highest BCUT2D eigenvalue weighted by atomic mass is 16.2. The van der Waals surface area contributed by atoms with Crippen molar-refractivity contribution in [2.75, 3.05) is 12.1 Å². The molecule has 0 aliphatic carbocycles. The predicted molar refractivity (Wildman–Crippen MR) is 68.0 cm³/mol. The molecule has 0 saturated carbocycles. The molecule has 2 amide bonds. The van der Waals surface area contributed by atoms with Gasteiger partial charge in [0, 0.05) is 13.5 Å². The maximum Gasteiger partial charge on any atom is 0.267 e. The fourth-order valence-electron chi connectivity index (χ4n) is 1.83. The summed E-state index contributed by atoms with van der Waals surface area (Å²) in [5.41, 5.74) is 6.39. The van der Waals surface area contributed by atoms with E-state index in [-0.39, 0.29) is 12.3 Å². The van der Waals surface area contributed by atoms with Crippen molar-refractivity contribution < 1.29 is 9.59 Å². The van der Waals surface area contributed by atoms with Crippen LogP contribution in [0.5, 0.6) is 0 Å². The summed E-state index contributed by atoms with van der Waals surface area (Å²) in [4.78, 5) is 23.0.